The molecule has 0 unspecified atom stereocenters. The SMILES string of the molecule is Cc1cc(N(C)C2CCN(c3nc4cc(F)ccc4o3)CC2)ncn1. The molecular weight excluding hydrogens is 321 g/mol. The van der Waals surface area contributed by atoms with Crippen molar-refractivity contribution in [3.63, 3.8) is 0 Å². The number of anilines is 2. The summed E-state index contributed by atoms with van der Waals surface area (Å²) in [4.78, 5) is 17.3. The molecule has 0 bridgehead atoms. The number of aromatic nitrogens is 3. The molecule has 25 heavy (non-hydrogen) atoms. The molecule has 1 aromatic carbocycles. The predicted octanol–water partition coefficient (Wildman–Crippen LogP) is 3.17. The first-order valence-corrected chi connectivity index (χ1v) is 8.43. The Hall–Kier alpha value is -2.70. The first kappa shape index (κ1) is 15.8. The molecule has 3 aromatic rings. The second kappa shape index (κ2) is 6.31. The van der Waals surface area contributed by atoms with Crippen molar-refractivity contribution in [3.05, 3.63) is 42.1 Å². The van der Waals surface area contributed by atoms with Gasteiger partial charge >= 0.3 is 0 Å². The maximum atomic E-state index is 13.3. The van der Waals surface area contributed by atoms with Crippen molar-refractivity contribution >= 4 is 22.9 Å². The fourth-order valence-corrected chi connectivity index (χ4v) is 3.29. The molecule has 0 saturated carbocycles. The average molecular weight is 341 g/mol. The fraction of sp³-hybridized carbons (Fsp3) is 0.389. The molecule has 1 fully saturated rings. The predicted molar refractivity (Wildman–Crippen MR) is 94.4 cm³/mol. The van der Waals surface area contributed by atoms with Gasteiger partial charge in [-0.15, -0.1) is 0 Å². The van der Waals surface area contributed by atoms with Gasteiger partial charge in [0.15, 0.2) is 5.58 Å². The van der Waals surface area contributed by atoms with Gasteiger partial charge in [-0.2, -0.15) is 4.98 Å². The molecule has 2 aromatic heterocycles. The summed E-state index contributed by atoms with van der Waals surface area (Å²) in [7, 11) is 2.07. The number of oxazole rings is 1. The summed E-state index contributed by atoms with van der Waals surface area (Å²) in [5.74, 6) is 0.649. The molecule has 0 amide bonds. The van der Waals surface area contributed by atoms with E-state index in [0.29, 0.717) is 23.2 Å². The van der Waals surface area contributed by atoms with Gasteiger partial charge in [0, 0.05) is 44.0 Å². The summed E-state index contributed by atoms with van der Waals surface area (Å²) in [5, 5.41) is 0. The second-order valence-electron chi connectivity index (χ2n) is 6.46. The fourth-order valence-electron chi connectivity index (χ4n) is 3.29. The maximum Gasteiger partial charge on any atom is 0.298 e. The van der Waals surface area contributed by atoms with Crippen LogP contribution in [0, 0.1) is 12.7 Å². The van der Waals surface area contributed by atoms with Crippen LogP contribution in [0.5, 0.6) is 0 Å². The summed E-state index contributed by atoms with van der Waals surface area (Å²) in [6.45, 7) is 3.65. The van der Waals surface area contributed by atoms with Crippen LogP contribution in [0.15, 0.2) is 35.0 Å². The number of fused-ring (bicyclic) bond motifs is 1. The van der Waals surface area contributed by atoms with Crippen LogP contribution in [-0.4, -0.2) is 41.1 Å². The van der Waals surface area contributed by atoms with Crippen molar-refractivity contribution < 1.29 is 8.81 Å². The number of piperidine rings is 1. The number of benzene rings is 1. The Bertz CT molecular complexity index is 888. The number of nitrogens with zero attached hydrogens (tertiary/aromatic N) is 5. The highest BCUT2D eigenvalue weighted by Crippen LogP contribution is 2.27. The molecule has 0 atom stereocenters. The molecule has 7 heteroatoms. The van der Waals surface area contributed by atoms with Gasteiger partial charge in [0.1, 0.15) is 23.5 Å². The van der Waals surface area contributed by atoms with Gasteiger partial charge < -0.3 is 14.2 Å². The minimum Gasteiger partial charge on any atom is -0.423 e. The van der Waals surface area contributed by atoms with Gasteiger partial charge in [-0.3, -0.25) is 0 Å². The zero-order valence-corrected chi connectivity index (χ0v) is 14.3. The minimum absolute atomic E-state index is 0.298. The quantitative estimate of drug-likeness (QED) is 0.729. The molecule has 0 spiro atoms. The lowest BCUT2D eigenvalue weighted by Crippen LogP contribution is -2.44. The number of hydrogen-bond acceptors (Lipinski definition) is 6. The molecular formula is C18H20FN5O. The van der Waals surface area contributed by atoms with E-state index in [1.165, 1.54) is 12.1 Å². The largest absolute Gasteiger partial charge is 0.423 e. The van der Waals surface area contributed by atoms with Gasteiger partial charge in [0.2, 0.25) is 0 Å². The van der Waals surface area contributed by atoms with Gasteiger partial charge in [-0.1, -0.05) is 0 Å². The number of hydrogen-bond donors (Lipinski definition) is 0. The van der Waals surface area contributed by atoms with E-state index >= 15 is 0 Å². The highest BCUT2D eigenvalue weighted by molar-refractivity contribution is 5.74. The lowest BCUT2D eigenvalue weighted by atomic mass is 10.0. The number of aryl methyl sites for hydroxylation is 1. The standard InChI is InChI=1S/C18H20FN5O/c1-12-9-17(21-11-20-12)23(2)14-5-7-24(8-6-14)18-22-15-10-13(19)3-4-16(15)25-18/h3-4,9-11,14H,5-8H2,1-2H3. The summed E-state index contributed by atoms with van der Waals surface area (Å²) >= 11 is 0. The third-order valence-electron chi connectivity index (χ3n) is 4.77. The van der Waals surface area contributed by atoms with Crippen LogP contribution in [-0.2, 0) is 0 Å². The van der Waals surface area contributed by atoms with Crippen LogP contribution in [0.25, 0.3) is 11.1 Å². The Labute approximate surface area is 145 Å². The van der Waals surface area contributed by atoms with Gasteiger partial charge in [0.25, 0.3) is 6.01 Å². The Morgan fingerprint density at radius 3 is 2.76 bits per heavy atom. The van der Waals surface area contributed by atoms with Crippen LogP contribution in [0.1, 0.15) is 18.5 Å². The average Bonchev–Trinajstić information content (AvgIpc) is 3.04. The van der Waals surface area contributed by atoms with Crippen molar-refractivity contribution in [2.45, 2.75) is 25.8 Å². The number of halogens is 1. The zero-order valence-electron chi connectivity index (χ0n) is 14.3. The summed E-state index contributed by atoms with van der Waals surface area (Å²) < 4.78 is 19.1. The van der Waals surface area contributed by atoms with Crippen molar-refractivity contribution in [2.75, 3.05) is 29.9 Å². The third-order valence-corrected chi connectivity index (χ3v) is 4.77. The summed E-state index contributed by atoms with van der Waals surface area (Å²) in [6.07, 6.45) is 3.56. The van der Waals surface area contributed by atoms with E-state index in [4.69, 9.17) is 4.42 Å². The normalized spacial score (nSPS) is 15.7. The maximum absolute atomic E-state index is 13.3. The van der Waals surface area contributed by atoms with E-state index in [9.17, 15) is 4.39 Å². The van der Waals surface area contributed by atoms with Crippen LogP contribution < -0.4 is 9.80 Å². The van der Waals surface area contributed by atoms with E-state index in [0.717, 1.165) is 37.4 Å². The second-order valence-corrected chi connectivity index (χ2v) is 6.46. The molecule has 4 rings (SSSR count). The van der Waals surface area contributed by atoms with Gasteiger partial charge in [-0.05, 0) is 31.9 Å². The van der Waals surface area contributed by atoms with Crippen LogP contribution in [0.4, 0.5) is 16.2 Å². The first-order valence-electron chi connectivity index (χ1n) is 8.43. The van der Waals surface area contributed by atoms with Crippen molar-refractivity contribution in [2.24, 2.45) is 0 Å². The molecule has 3 heterocycles. The Balaban J connectivity index is 1.45. The highest BCUT2D eigenvalue weighted by atomic mass is 19.1. The molecule has 1 aliphatic rings. The van der Waals surface area contributed by atoms with Crippen LogP contribution >= 0.6 is 0 Å². The van der Waals surface area contributed by atoms with Crippen molar-refractivity contribution in [3.8, 4) is 0 Å². The smallest absolute Gasteiger partial charge is 0.298 e. The molecule has 1 saturated heterocycles. The zero-order chi connectivity index (χ0) is 17.4. The Morgan fingerprint density at radius 2 is 2.00 bits per heavy atom. The topological polar surface area (TPSA) is 58.3 Å². The van der Waals surface area contributed by atoms with E-state index in [-0.39, 0.29) is 5.82 Å². The molecule has 6 nitrogen and oxygen atoms in total. The first-order chi connectivity index (χ1) is 12.1. The Kier molecular flexibility index (Phi) is 3.99. The lowest BCUT2D eigenvalue weighted by molar-refractivity contribution is 0.452. The van der Waals surface area contributed by atoms with E-state index in [2.05, 4.69) is 31.8 Å². The Morgan fingerprint density at radius 1 is 1.20 bits per heavy atom. The van der Waals surface area contributed by atoms with E-state index in [1.807, 2.05) is 13.0 Å². The lowest BCUT2D eigenvalue weighted by Gasteiger charge is -2.36. The molecule has 130 valence electrons. The monoisotopic (exact) mass is 341 g/mol. The van der Waals surface area contributed by atoms with Gasteiger partial charge in [-0.25, -0.2) is 14.4 Å². The molecule has 0 radical (unpaired) electrons. The third kappa shape index (κ3) is 3.14. The van der Waals surface area contributed by atoms with Crippen LogP contribution in [0.2, 0.25) is 0 Å². The highest BCUT2D eigenvalue weighted by Gasteiger charge is 2.26. The van der Waals surface area contributed by atoms with Crippen molar-refractivity contribution in [1.82, 2.24) is 15.0 Å². The molecule has 0 aliphatic carbocycles. The van der Waals surface area contributed by atoms with Crippen LogP contribution in [0.3, 0.4) is 0 Å². The van der Waals surface area contributed by atoms with Gasteiger partial charge in [0.05, 0.1) is 0 Å². The number of rotatable bonds is 3. The minimum atomic E-state index is -0.298. The molecule has 1 aliphatic heterocycles. The summed E-state index contributed by atoms with van der Waals surface area (Å²) in [6, 6.07) is 7.40. The summed E-state index contributed by atoms with van der Waals surface area (Å²) in [5.41, 5.74) is 2.14. The van der Waals surface area contributed by atoms with Crippen molar-refractivity contribution in [1.29, 1.82) is 0 Å². The van der Waals surface area contributed by atoms with E-state index < -0.39 is 0 Å². The molecule has 0 N–H and O–H groups in total. The van der Waals surface area contributed by atoms with E-state index in [1.54, 1.807) is 12.4 Å².